The summed E-state index contributed by atoms with van der Waals surface area (Å²) in [6.45, 7) is 4.79. The predicted molar refractivity (Wildman–Crippen MR) is 64.9 cm³/mol. The summed E-state index contributed by atoms with van der Waals surface area (Å²) in [6, 6.07) is 1.09. The molecule has 0 aromatic carbocycles. The maximum Gasteiger partial charge on any atom is 0.0494 e. The van der Waals surface area contributed by atoms with Crippen molar-refractivity contribution in [3.05, 3.63) is 12.2 Å². The molecule has 0 aromatic heterocycles. The first-order chi connectivity index (χ1) is 7.26. The third-order valence-corrected chi connectivity index (χ3v) is 3.15. The number of hydrogen-bond donors (Lipinski definition) is 2. The maximum absolute atomic E-state index is 9.01. The lowest BCUT2D eigenvalue weighted by atomic mass is 10.1. The van der Waals surface area contributed by atoms with E-state index in [1.165, 1.54) is 25.7 Å². The number of unbranched alkanes of at least 4 members (excludes halogenated alkanes) is 2. The Bertz CT molecular complexity index is 191. The van der Waals surface area contributed by atoms with Crippen molar-refractivity contribution in [2.75, 3.05) is 6.61 Å². The molecule has 0 amide bonds. The van der Waals surface area contributed by atoms with Crippen LogP contribution in [0.25, 0.3) is 0 Å². The molecule has 15 heavy (non-hydrogen) atoms. The average molecular weight is 211 g/mol. The average Bonchev–Trinajstić information content (AvgIpc) is 2.66. The van der Waals surface area contributed by atoms with Gasteiger partial charge in [-0.2, -0.15) is 0 Å². The van der Waals surface area contributed by atoms with Crippen LogP contribution < -0.4 is 5.32 Å². The van der Waals surface area contributed by atoms with Crippen molar-refractivity contribution in [2.24, 2.45) is 5.92 Å². The largest absolute Gasteiger partial charge is 0.396 e. The van der Waals surface area contributed by atoms with E-state index >= 15 is 0 Å². The highest BCUT2D eigenvalue weighted by atomic mass is 16.3. The molecule has 3 atom stereocenters. The fourth-order valence-electron chi connectivity index (χ4n) is 2.18. The van der Waals surface area contributed by atoms with E-state index in [1.54, 1.807) is 0 Å². The number of aliphatic hydroxyl groups is 1. The summed E-state index contributed by atoms with van der Waals surface area (Å²) in [5.41, 5.74) is 0. The lowest BCUT2D eigenvalue weighted by Crippen LogP contribution is -2.34. The first-order valence-corrected chi connectivity index (χ1v) is 6.31. The Labute approximate surface area is 93.8 Å². The second kappa shape index (κ2) is 7.02. The van der Waals surface area contributed by atoms with E-state index in [9.17, 15) is 0 Å². The summed E-state index contributed by atoms with van der Waals surface area (Å²) in [5, 5.41) is 12.6. The summed E-state index contributed by atoms with van der Waals surface area (Å²) in [6.07, 6.45) is 10.6. The number of aliphatic hydroxyl groups excluding tert-OH is 1. The van der Waals surface area contributed by atoms with Crippen LogP contribution in [0.15, 0.2) is 12.2 Å². The van der Waals surface area contributed by atoms with Crippen LogP contribution in [0.4, 0.5) is 0 Å². The van der Waals surface area contributed by atoms with Gasteiger partial charge >= 0.3 is 0 Å². The minimum Gasteiger partial charge on any atom is -0.396 e. The first kappa shape index (κ1) is 12.7. The molecular formula is C13H25NO. The van der Waals surface area contributed by atoms with Crippen molar-refractivity contribution in [1.82, 2.24) is 5.32 Å². The molecule has 0 saturated heterocycles. The normalized spacial score (nSPS) is 27.1. The van der Waals surface area contributed by atoms with E-state index in [-0.39, 0.29) is 0 Å². The minimum atomic E-state index is 0.291. The Morgan fingerprint density at radius 2 is 2.20 bits per heavy atom. The van der Waals surface area contributed by atoms with Crippen molar-refractivity contribution in [2.45, 2.75) is 58.0 Å². The molecule has 0 spiro atoms. The van der Waals surface area contributed by atoms with E-state index in [1.807, 2.05) is 0 Å². The van der Waals surface area contributed by atoms with Crippen LogP contribution in [0.2, 0.25) is 0 Å². The molecule has 88 valence electrons. The van der Waals surface area contributed by atoms with Crippen LogP contribution in [0.5, 0.6) is 0 Å². The zero-order valence-electron chi connectivity index (χ0n) is 10.1. The van der Waals surface area contributed by atoms with Gasteiger partial charge < -0.3 is 10.4 Å². The summed E-state index contributed by atoms with van der Waals surface area (Å²) >= 11 is 0. The highest BCUT2D eigenvalue weighted by molar-refractivity contribution is 5.06. The van der Waals surface area contributed by atoms with Gasteiger partial charge in [0.05, 0.1) is 0 Å². The number of nitrogens with one attached hydrogen (secondary N) is 1. The second-order valence-electron chi connectivity index (χ2n) is 4.73. The van der Waals surface area contributed by atoms with Crippen molar-refractivity contribution < 1.29 is 5.11 Å². The van der Waals surface area contributed by atoms with E-state index in [0.29, 0.717) is 24.6 Å². The van der Waals surface area contributed by atoms with Gasteiger partial charge in [-0.1, -0.05) is 38.3 Å². The molecule has 0 aliphatic heterocycles. The minimum absolute atomic E-state index is 0.291. The molecule has 1 aliphatic rings. The quantitative estimate of drug-likeness (QED) is 0.501. The van der Waals surface area contributed by atoms with Crippen molar-refractivity contribution >= 4 is 0 Å². The predicted octanol–water partition coefficient (Wildman–Crippen LogP) is 2.48. The van der Waals surface area contributed by atoms with Crippen LogP contribution in [-0.4, -0.2) is 23.8 Å². The van der Waals surface area contributed by atoms with Gasteiger partial charge in [0, 0.05) is 24.6 Å². The SMILES string of the molecule is CCCCCC(C)N[C@@H]1C=C[C@H](CO)C1. The summed E-state index contributed by atoms with van der Waals surface area (Å²) in [7, 11) is 0. The van der Waals surface area contributed by atoms with Gasteiger partial charge in [-0.25, -0.2) is 0 Å². The van der Waals surface area contributed by atoms with Crippen LogP contribution in [-0.2, 0) is 0 Å². The Hall–Kier alpha value is -0.340. The molecule has 0 fully saturated rings. The maximum atomic E-state index is 9.01. The standard InChI is InChI=1S/C13H25NO/c1-3-4-5-6-11(2)14-13-8-7-12(9-13)10-15/h7-8,11-15H,3-6,9-10H2,1-2H3/t11?,12-,13+/m0/s1. The highest BCUT2D eigenvalue weighted by Crippen LogP contribution is 2.18. The molecule has 2 heteroatoms. The Morgan fingerprint density at radius 1 is 1.40 bits per heavy atom. The number of hydrogen-bond acceptors (Lipinski definition) is 2. The van der Waals surface area contributed by atoms with Gasteiger partial charge in [-0.05, 0) is 19.8 Å². The lowest BCUT2D eigenvalue weighted by Gasteiger charge is -2.19. The van der Waals surface area contributed by atoms with Gasteiger partial charge in [-0.15, -0.1) is 0 Å². The molecule has 0 radical (unpaired) electrons. The summed E-state index contributed by atoms with van der Waals surface area (Å²) < 4.78 is 0. The van der Waals surface area contributed by atoms with Gasteiger partial charge in [0.25, 0.3) is 0 Å². The summed E-state index contributed by atoms with van der Waals surface area (Å²) in [5.74, 6) is 0.380. The zero-order valence-corrected chi connectivity index (χ0v) is 10.1. The van der Waals surface area contributed by atoms with Gasteiger partial charge in [0.1, 0.15) is 0 Å². The fraction of sp³-hybridized carbons (Fsp3) is 0.846. The lowest BCUT2D eigenvalue weighted by molar-refractivity contribution is 0.244. The zero-order chi connectivity index (χ0) is 11.1. The van der Waals surface area contributed by atoms with Crippen LogP contribution in [0.3, 0.4) is 0 Å². The molecule has 1 rings (SSSR count). The molecule has 0 heterocycles. The molecule has 1 unspecified atom stereocenters. The molecular weight excluding hydrogens is 186 g/mol. The van der Waals surface area contributed by atoms with Crippen LogP contribution in [0, 0.1) is 5.92 Å². The third-order valence-electron chi connectivity index (χ3n) is 3.15. The van der Waals surface area contributed by atoms with E-state index in [0.717, 1.165) is 6.42 Å². The highest BCUT2D eigenvalue weighted by Gasteiger charge is 2.18. The topological polar surface area (TPSA) is 32.3 Å². The van der Waals surface area contributed by atoms with Crippen LogP contribution in [0.1, 0.15) is 46.0 Å². The summed E-state index contributed by atoms with van der Waals surface area (Å²) in [4.78, 5) is 0. The fourth-order valence-corrected chi connectivity index (χ4v) is 2.18. The smallest absolute Gasteiger partial charge is 0.0494 e. The van der Waals surface area contributed by atoms with Gasteiger partial charge in [0.2, 0.25) is 0 Å². The Morgan fingerprint density at radius 3 is 2.80 bits per heavy atom. The second-order valence-corrected chi connectivity index (χ2v) is 4.73. The molecule has 2 nitrogen and oxygen atoms in total. The van der Waals surface area contributed by atoms with Crippen molar-refractivity contribution in [3.63, 3.8) is 0 Å². The Kier molecular flexibility index (Phi) is 5.96. The first-order valence-electron chi connectivity index (χ1n) is 6.31. The molecule has 2 N–H and O–H groups in total. The Balaban J connectivity index is 2.11. The van der Waals surface area contributed by atoms with E-state index in [2.05, 4.69) is 31.3 Å². The van der Waals surface area contributed by atoms with Crippen molar-refractivity contribution in [1.29, 1.82) is 0 Å². The van der Waals surface area contributed by atoms with Gasteiger partial charge in [-0.3, -0.25) is 0 Å². The van der Waals surface area contributed by atoms with Crippen LogP contribution >= 0.6 is 0 Å². The molecule has 1 aliphatic carbocycles. The molecule has 0 saturated carbocycles. The third kappa shape index (κ3) is 4.80. The van der Waals surface area contributed by atoms with Crippen molar-refractivity contribution in [3.8, 4) is 0 Å². The van der Waals surface area contributed by atoms with Gasteiger partial charge in [0.15, 0.2) is 0 Å². The van der Waals surface area contributed by atoms with E-state index in [4.69, 9.17) is 5.11 Å². The van der Waals surface area contributed by atoms with E-state index < -0.39 is 0 Å². The molecule has 0 aromatic rings. The monoisotopic (exact) mass is 211 g/mol. The number of rotatable bonds is 7. The molecule has 0 bridgehead atoms.